The van der Waals surface area contributed by atoms with Crippen molar-refractivity contribution in [1.82, 2.24) is 4.57 Å². The first-order valence-electron chi connectivity index (χ1n) is 8.21. The van der Waals surface area contributed by atoms with Gasteiger partial charge in [0, 0.05) is 27.8 Å². The van der Waals surface area contributed by atoms with Crippen molar-refractivity contribution in [1.29, 1.82) is 0 Å². The number of hydrogen-bond acceptors (Lipinski definition) is 2. The lowest BCUT2D eigenvalue weighted by Crippen LogP contribution is -2.22. The number of carbonyl (C=O) groups excluding carboxylic acids is 1. The molecule has 1 atom stereocenters. The molecule has 0 spiro atoms. The van der Waals surface area contributed by atoms with Crippen molar-refractivity contribution in [3.05, 3.63) is 59.3 Å². The lowest BCUT2D eigenvalue weighted by atomic mass is 10.1. The molecule has 1 aliphatic heterocycles. The van der Waals surface area contributed by atoms with Crippen LogP contribution in [0.15, 0.2) is 47.4 Å². The second-order valence-electron chi connectivity index (χ2n) is 6.46. The molecule has 0 fully saturated rings. The Morgan fingerprint density at radius 2 is 2.00 bits per heavy atom. The number of carbonyl (C=O) groups is 1. The van der Waals surface area contributed by atoms with Crippen LogP contribution in [0.1, 0.15) is 28.5 Å². The number of aromatic nitrogens is 1. The second-order valence-corrected chi connectivity index (χ2v) is 7.94. The zero-order valence-electron chi connectivity index (χ0n) is 14.1. The molecule has 0 saturated carbocycles. The molecule has 4 heteroatoms. The summed E-state index contributed by atoms with van der Waals surface area (Å²) in [6, 6.07) is 14.3. The highest BCUT2D eigenvalue weighted by Gasteiger charge is 2.24. The molecule has 4 rings (SSSR count). The summed E-state index contributed by atoms with van der Waals surface area (Å²) in [5.41, 5.74) is 5.11. The molecule has 2 aromatic carbocycles. The van der Waals surface area contributed by atoms with E-state index in [-0.39, 0.29) is 5.91 Å². The fourth-order valence-electron chi connectivity index (χ4n) is 3.35. The molecule has 3 nitrogen and oxygen atoms in total. The van der Waals surface area contributed by atoms with Crippen LogP contribution in [-0.4, -0.2) is 15.7 Å². The molecule has 0 aliphatic carbocycles. The van der Waals surface area contributed by atoms with Crippen LogP contribution in [0, 0.1) is 13.8 Å². The second kappa shape index (κ2) is 5.71. The maximum Gasteiger partial charge on any atom is 0.272 e. The number of nitrogens with zero attached hydrogens (tertiary/aromatic N) is 1. The van der Waals surface area contributed by atoms with Gasteiger partial charge in [0.05, 0.1) is 5.52 Å². The fourth-order valence-corrected chi connectivity index (χ4v) is 4.50. The molecule has 0 saturated heterocycles. The molecule has 1 amide bonds. The van der Waals surface area contributed by atoms with Crippen molar-refractivity contribution in [3.8, 4) is 0 Å². The number of rotatable bonds is 2. The van der Waals surface area contributed by atoms with Crippen LogP contribution in [0.3, 0.4) is 0 Å². The van der Waals surface area contributed by atoms with Gasteiger partial charge in [-0.05, 0) is 43.2 Å². The van der Waals surface area contributed by atoms with Crippen LogP contribution in [0.25, 0.3) is 10.9 Å². The van der Waals surface area contributed by atoms with Crippen LogP contribution < -0.4 is 5.32 Å². The maximum atomic E-state index is 12.9. The van der Waals surface area contributed by atoms with E-state index in [0.717, 1.165) is 28.9 Å². The number of thioether (sulfide) groups is 1. The standard InChI is InChI=1S/C20H20N2OS/c1-12-6-4-8-16(14(12)3)21-20(23)17-10-15-7-5-9-18-19(15)22(17)11-13(2)24-18/h4-10,13H,11H2,1-3H3,(H,21,23)/t13-/m1/s1. The third kappa shape index (κ3) is 2.42. The average molecular weight is 336 g/mol. The van der Waals surface area contributed by atoms with Gasteiger partial charge in [0.1, 0.15) is 5.69 Å². The quantitative estimate of drug-likeness (QED) is 0.714. The van der Waals surface area contributed by atoms with Gasteiger partial charge in [0.15, 0.2) is 0 Å². The first-order valence-corrected chi connectivity index (χ1v) is 9.09. The fraction of sp³-hybridized carbons (Fsp3) is 0.250. The zero-order chi connectivity index (χ0) is 16.8. The summed E-state index contributed by atoms with van der Waals surface area (Å²) >= 11 is 1.89. The molecular formula is C20H20N2OS. The van der Waals surface area contributed by atoms with Gasteiger partial charge in [0.25, 0.3) is 5.91 Å². The molecule has 0 unspecified atom stereocenters. The van der Waals surface area contributed by atoms with Crippen LogP contribution in [0.5, 0.6) is 0 Å². The van der Waals surface area contributed by atoms with Gasteiger partial charge >= 0.3 is 0 Å². The molecular weight excluding hydrogens is 316 g/mol. The van der Waals surface area contributed by atoms with Gasteiger partial charge in [-0.2, -0.15) is 0 Å². The monoisotopic (exact) mass is 336 g/mol. The van der Waals surface area contributed by atoms with Gasteiger partial charge in [-0.3, -0.25) is 4.79 Å². The minimum Gasteiger partial charge on any atom is -0.334 e. The number of anilines is 1. The van der Waals surface area contributed by atoms with E-state index < -0.39 is 0 Å². The largest absolute Gasteiger partial charge is 0.334 e. The smallest absolute Gasteiger partial charge is 0.272 e. The van der Waals surface area contributed by atoms with E-state index in [1.54, 1.807) is 0 Å². The van der Waals surface area contributed by atoms with Gasteiger partial charge in [-0.1, -0.05) is 31.2 Å². The summed E-state index contributed by atoms with van der Waals surface area (Å²) in [5, 5.41) is 4.69. The average Bonchev–Trinajstić information content (AvgIpc) is 2.92. The zero-order valence-corrected chi connectivity index (χ0v) is 14.9. The third-order valence-corrected chi connectivity index (χ3v) is 5.87. The van der Waals surface area contributed by atoms with Crippen molar-refractivity contribution < 1.29 is 4.79 Å². The Labute approximate surface area is 146 Å². The predicted molar refractivity (Wildman–Crippen MR) is 101 cm³/mol. The predicted octanol–water partition coefficient (Wildman–Crippen LogP) is 5.00. The number of hydrogen-bond donors (Lipinski definition) is 1. The van der Waals surface area contributed by atoms with Crippen molar-refractivity contribution in [2.24, 2.45) is 0 Å². The Morgan fingerprint density at radius 3 is 2.83 bits per heavy atom. The number of nitrogens with one attached hydrogen (secondary N) is 1. The normalized spacial score (nSPS) is 16.4. The number of benzene rings is 2. The Hall–Kier alpha value is -2.20. The molecule has 1 aliphatic rings. The lowest BCUT2D eigenvalue weighted by Gasteiger charge is -2.22. The van der Waals surface area contributed by atoms with Crippen molar-refractivity contribution in [3.63, 3.8) is 0 Å². The van der Waals surface area contributed by atoms with Crippen molar-refractivity contribution in [2.75, 3.05) is 5.32 Å². The number of para-hydroxylation sites is 1. The number of aryl methyl sites for hydroxylation is 1. The molecule has 1 aromatic heterocycles. The Morgan fingerprint density at radius 1 is 1.21 bits per heavy atom. The van der Waals surface area contributed by atoms with E-state index in [4.69, 9.17) is 0 Å². The highest BCUT2D eigenvalue weighted by molar-refractivity contribution is 8.00. The first kappa shape index (κ1) is 15.3. The van der Waals surface area contributed by atoms with Gasteiger partial charge < -0.3 is 9.88 Å². The van der Waals surface area contributed by atoms with E-state index >= 15 is 0 Å². The minimum atomic E-state index is -0.0371. The van der Waals surface area contributed by atoms with E-state index in [2.05, 4.69) is 48.0 Å². The summed E-state index contributed by atoms with van der Waals surface area (Å²) in [6.07, 6.45) is 0. The Bertz CT molecular complexity index is 958. The van der Waals surface area contributed by atoms with Crippen LogP contribution in [-0.2, 0) is 6.54 Å². The SMILES string of the molecule is Cc1cccc(NC(=O)c2cc3cccc4c3n2C[C@@H](C)S4)c1C. The summed E-state index contributed by atoms with van der Waals surface area (Å²) in [7, 11) is 0. The van der Waals surface area contributed by atoms with E-state index in [1.807, 2.05) is 36.9 Å². The van der Waals surface area contributed by atoms with Crippen molar-refractivity contribution in [2.45, 2.75) is 37.5 Å². The molecule has 122 valence electrons. The molecule has 1 N–H and O–H groups in total. The number of amides is 1. The molecule has 24 heavy (non-hydrogen) atoms. The summed E-state index contributed by atoms with van der Waals surface area (Å²) in [6.45, 7) is 7.17. The molecule has 3 aromatic rings. The van der Waals surface area contributed by atoms with E-state index in [1.165, 1.54) is 16.0 Å². The van der Waals surface area contributed by atoms with E-state index in [9.17, 15) is 4.79 Å². The minimum absolute atomic E-state index is 0.0371. The summed E-state index contributed by atoms with van der Waals surface area (Å²) in [4.78, 5) is 14.2. The van der Waals surface area contributed by atoms with Gasteiger partial charge in [0.2, 0.25) is 0 Å². The Balaban J connectivity index is 1.77. The Kier molecular flexibility index (Phi) is 3.65. The van der Waals surface area contributed by atoms with Crippen LogP contribution >= 0.6 is 11.8 Å². The van der Waals surface area contributed by atoms with Gasteiger partial charge in [-0.25, -0.2) is 0 Å². The van der Waals surface area contributed by atoms with Crippen molar-refractivity contribution >= 4 is 34.3 Å². The van der Waals surface area contributed by atoms with E-state index in [0.29, 0.717) is 5.25 Å². The molecule has 2 heterocycles. The highest BCUT2D eigenvalue weighted by Crippen LogP contribution is 2.38. The lowest BCUT2D eigenvalue weighted by molar-refractivity contribution is 0.101. The third-order valence-electron chi connectivity index (χ3n) is 4.74. The topological polar surface area (TPSA) is 34.0 Å². The van der Waals surface area contributed by atoms with Crippen LogP contribution in [0.4, 0.5) is 5.69 Å². The first-order chi connectivity index (χ1) is 11.5. The van der Waals surface area contributed by atoms with Gasteiger partial charge in [-0.15, -0.1) is 11.8 Å². The maximum absolute atomic E-state index is 12.9. The molecule has 0 radical (unpaired) electrons. The van der Waals surface area contributed by atoms with Crippen LogP contribution in [0.2, 0.25) is 0 Å². The summed E-state index contributed by atoms with van der Waals surface area (Å²) in [5.74, 6) is -0.0371. The summed E-state index contributed by atoms with van der Waals surface area (Å²) < 4.78 is 2.17. The molecule has 0 bridgehead atoms. The highest BCUT2D eigenvalue weighted by atomic mass is 32.2.